The molecule has 0 aromatic rings. The fourth-order valence-corrected chi connectivity index (χ4v) is 0.670. The van der Waals surface area contributed by atoms with Crippen molar-refractivity contribution < 1.29 is 31.7 Å². The fourth-order valence-electron chi connectivity index (χ4n) is 0.670. The number of hydrogen-bond donors (Lipinski definition) is 0. The summed E-state index contributed by atoms with van der Waals surface area (Å²) in [6.07, 6.45) is 15.0. The second-order valence-corrected chi connectivity index (χ2v) is 1.82. The summed E-state index contributed by atoms with van der Waals surface area (Å²) >= 11 is 0. The average Bonchev–Trinajstić information content (AvgIpc) is 2.26. The van der Waals surface area contributed by atoms with Gasteiger partial charge in [-0.2, -0.15) is 0 Å². The van der Waals surface area contributed by atoms with Crippen LogP contribution in [0.4, 0.5) is 0 Å². The quantitative estimate of drug-likeness (QED) is 0.657. The van der Waals surface area contributed by atoms with Crippen molar-refractivity contribution >= 4 is 20.4 Å². The number of rotatable bonds is 0. The molecule has 0 aromatic carbocycles. The molecule has 0 heterocycles. The first-order chi connectivity index (χ1) is 7.00. The fraction of sp³-hybridized carbons (Fsp3) is 0.182. The molecule has 0 bridgehead atoms. The molecule has 0 fully saturated rings. The van der Waals surface area contributed by atoms with Crippen LogP contribution < -0.4 is 0 Å². The molecule has 0 saturated carbocycles. The molecule has 15 heavy (non-hydrogen) atoms. The molecule has 0 aromatic heterocycles. The molecule has 0 saturated heterocycles. The second-order valence-electron chi connectivity index (χ2n) is 1.82. The zero-order valence-electron chi connectivity index (χ0n) is 8.63. The van der Waals surface area contributed by atoms with Gasteiger partial charge < -0.3 is 14.4 Å². The molecule has 1 aliphatic rings. The van der Waals surface area contributed by atoms with Crippen molar-refractivity contribution in [3.8, 4) is 0 Å². The molecular weight excluding hydrogens is 232 g/mol. The molecule has 0 atom stereocenters. The number of carbonyl (C=O) groups excluding carboxylic acids is 3. The molecule has 0 radical (unpaired) electrons. The van der Waals surface area contributed by atoms with Gasteiger partial charge in [-0.05, 0) is 12.8 Å². The molecule has 0 spiro atoms. The van der Waals surface area contributed by atoms with Gasteiger partial charge in [-0.25, -0.2) is 0 Å². The Bertz CT molecular complexity index is 156. The van der Waals surface area contributed by atoms with Gasteiger partial charge in [0.05, 0.1) is 0 Å². The Morgan fingerprint density at radius 2 is 0.867 bits per heavy atom. The van der Waals surface area contributed by atoms with Crippen LogP contribution in [0.15, 0.2) is 36.5 Å². The Morgan fingerprint density at radius 3 is 1.13 bits per heavy atom. The monoisotopic (exact) mass is 248 g/mol. The third-order valence-electron chi connectivity index (χ3n) is 1.11. The normalized spacial score (nSPS) is 12.5. The van der Waals surface area contributed by atoms with Gasteiger partial charge >= 0.3 is 0 Å². The van der Waals surface area contributed by atoms with Crippen molar-refractivity contribution in [2.45, 2.75) is 12.8 Å². The summed E-state index contributed by atoms with van der Waals surface area (Å²) in [5, 5.41) is 0. The zero-order valence-corrected chi connectivity index (χ0v) is 9.91. The first-order valence-corrected chi connectivity index (χ1v) is 3.85. The first-order valence-electron chi connectivity index (χ1n) is 3.85. The van der Waals surface area contributed by atoms with Crippen LogP contribution in [0.5, 0.6) is 0 Å². The Kier molecular flexibility index (Phi) is 60.5. The molecule has 4 heteroatoms. The van der Waals surface area contributed by atoms with Crippen LogP contribution >= 0.6 is 0 Å². The predicted molar refractivity (Wildman–Crippen MR) is 58.0 cm³/mol. The van der Waals surface area contributed by atoms with E-state index >= 15 is 0 Å². The van der Waals surface area contributed by atoms with Gasteiger partial charge in [0.15, 0.2) is 0 Å². The third-order valence-corrected chi connectivity index (χ3v) is 1.11. The first kappa shape index (κ1) is 23.5. The van der Waals surface area contributed by atoms with Crippen LogP contribution in [-0.4, -0.2) is 20.4 Å². The molecular formula is C11H16CrO3. The van der Waals surface area contributed by atoms with Crippen LogP contribution in [0.3, 0.4) is 0 Å². The van der Waals surface area contributed by atoms with Crippen molar-refractivity contribution in [3.05, 3.63) is 36.5 Å². The Balaban J connectivity index is -0.0000000755. The van der Waals surface area contributed by atoms with E-state index in [1.807, 2.05) is 20.4 Å². The van der Waals surface area contributed by atoms with Crippen molar-refractivity contribution in [2.24, 2.45) is 0 Å². The van der Waals surface area contributed by atoms with Gasteiger partial charge in [-0.3, -0.25) is 0 Å². The summed E-state index contributed by atoms with van der Waals surface area (Å²) in [7, 11) is 0. The molecule has 0 aliphatic heterocycles. The second kappa shape index (κ2) is 38.6. The molecule has 0 unspecified atom stereocenters. The van der Waals surface area contributed by atoms with Crippen molar-refractivity contribution in [3.63, 3.8) is 0 Å². The molecule has 84 valence electrons. The SMILES string of the molecule is C1=C/C=C\CCC=C1.C=O.C=O.C=O.[Cr]. The largest absolute Gasteiger partial charge is 0.307 e. The van der Waals surface area contributed by atoms with E-state index in [0.717, 1.165) is 0 Å². The molecule has 0 N–H and O–H groups in total. The van der Waals surface area contributed by atoms with E-state index in [0.29, 0.717) is 0 Å². The smallest absolute Gasteiger partial charge is 0.106 e. The van der Waals surface area contributed by atoms with E-state index in [1.165, 1.54) is 12.8 Å². The maximum Gasteiger partial charge on any atom is 0.106 e. The summed E-state index contributed by atoms with van der Waals surface area (Å²) in [5.41, 5.74) is 0. The minimum atomic E-state index is 0. The summed E-state index contributed by atoms with van der Waals surface area (Å²) in [6, 6.07) is 0. The number of hydrogen-bond acceptors (Lipinski definition) is 3. The van der Waals surface area contributed by atoms with Crippen LogP contribution in [0.25, 0.3) is 0 Å². The van der Waals surface area contributed by atoms with E-state index < -0.39 is 0 Å². The predicted octanol–water partition coefficient (Wildman–Crippen LogP) is 1.89. The van der Waals surface area contributed by atoms with Gasteiger partial charge in [0.2, 0.25) is 0 Å². The molecule has 0 amide bonds. The standard InChI is InChI=1S/C8H10.3CH2O.Cr/c1-2-4-6-8-7-5-3-1;3*1-2;/h1-6H,7-8H2;3*1H2;/b2-1?,5-3-,6-4?;;;;. The van der Waals surface area contributed by atoms with Gasteiger partial charge in [0, 0.05) is 17.4 Å². The average molecular weight is 248 g/mol. The third kappa shape index (κ3) is 32.3. The summed E-state index contributed by atoms with van der Waals surface area (Å²) in [4.78, 5) is 24.0. The van der Waals surface area contributed by atoms with Crippen molar-refractivity contribution in [2.75, 3.05) is 0 Å². The maximum atomic E-state index is 8.00. The van der Waals surface area contributed by atoms with Crippen LogP contribution in [-0.2, 0) is 31.7 Å². The van der Waals surface area contributed by atoms with Crippen LogP contribution in [0.1, 0.15) is 12.8 Å². The van der Waals surface area contributed by atoms with Gasteiger partial charge in [-0.15, -0.1) is 0 Å². The Labute approximate surface area is 102 Å². The maximum absolute atomic E-state index is 8.00. The number of carbonyl (C=O) groups is 3. The Hall–Kier alpha value is -1.24. The Morgan fingerprint density at radius 1 is 0.600 bits per heavy atom. The minimum Gasteiger partial charge on any atom is -0.307 e. The van der Waals surface area contributed by atoms with Gasteiger partial charge in [-0.1, -0.05) is 36.5 Å². The van der Waals surface area contributed by atoms with E-state index in [-0.39, 0.29) is 17.4 Å². The summed E-state index contributed by atoms with van der Waals surface area (Å²) in [5.74, 6) is 0. The molecule has 1 rings (SSSR count). The zero-order chi connectivity index (χ0) is 11.7. The van der Waals surface area contributed by atoms with Crippen molar-refractivity contribution in [1.29, 1.82) is 0 Å². The van der Waals surface area contributed by atoms with Gasteiger partial charge in [0.1, 0.15) is 20.4 Å². The van der Waals surface area contributed by atoms with Crippen LogP contribution in [0.2, 0.25) is 0 Å². The number of allylic oxidation sites excluding steroid dienone is 6. The van der Waals surface area contributed by atoms with E-state index in [2.05, 4.69) is 36.5 Å². The van der Waals surface area contributed by atoms with Crippen LogP contribution in [0, 0.1) is 0 Å². The summed E-state index contributed by atoms with van der Waals surface area (Å²) in [6.45, 7) is 6.00. The van der Waals surface area contributed by atoms with E-state index in [9.17, 15) is 0 Å². The van der Waals surface area contributed by atoms with Gasteiger partial charge in [0.25, 0.3) is 0 Å². The minimum absolute atomic E-state index is 0. The summed E-state index contributed by atoms with van der Waals surface area (Å²) < 4.78 is 0. The van der Waals surface area contributed by atoms with E-state index in [1.54, 1.807) is 0 Å². The molecule has 3 nitrogen and oxygen atoms in total. The molecule has 1 aliphatic carbocycles. The van der Waals surface area contributed by atoms with E-state index in [4.69, 9.17) is 14.4 Å². The topological polar surface area (TPSA) is 51.2 Å². The van der Waals surface area contributed by atoms with Crippen molar-refractivity contribution in [1.82, 2.24) is 0 Å².